The molecule has 1 fully saturated rings. The summed E-state index contributed by atoms with van der Waals surface area (Å²) in [5.41, 5.74) is 0.0342. The number of hydrogen-bond donors (Lipinski definition) is 1. The van der Waals surface area contributed by atoms with Gasteiger partial charge in [-0.25, -0.2) is 8.42 Å². The van der Waals surface area contributed by atoms with Gasteiger partial charge in [-0.1, -0.05) is 6.07 Å². The van der Waals surface area contributed by atoms with Crippen LogP contribution in [0.4, 0.5) is 5.69 Å². The zero-order valence-electron chi connectivity index (χ0n) is 12.3. The molecule has 0 unspecified atom stereocenters. The lowest BCUT2D eigenvalue weighted by Gasteiger charge is -2.24. The Balaban J connectivity index is 2.36. The minimum absolute atomic E-state index is 0.153. The number of ether oxygens (including phenoxy) is 2. The van der Waals surface area contributed by atoms with Crippen molar-refractivity contribution in [2.45, 2.75) is 45.3 Å². The number of nitrogens with one attached hydrogen (secondary N) is 1. The highest BCUT2D eigenvalue weighted by molar-refractivity contribution is 7.92. The second-order valence-electron chi connectivity index (χ2n) is 6.04. The predicted molar refractivity (Wildman–Crippen MR) is 78.9 cm³/mol. The van der Waals surface area contributed by atoms with E-state index in [1.165, 1.54) is 0 Å². The van der Waals surface area contributed by atoms with Crippen molar-refractivity contribution >= 4 is 15.7 Å². The monoisotopic (exact) mass is 299 g/mol. The van der Waals surface area contributed by atoms with E-state index in [-0.39, 0.29) is 11.7 Å². The summed E-state index contributed by atoms with van der Waals surface area (Å²) in [5.74, 6) is 1.02. The van der Waals surface area contributed by atoms with E-state index in [0.717, 1.165) is 19.1 Å². The third kappa shape index (κ3) is 4.59. The molecular weight excluding hydrogens is 278 g/mol. The second-order valence-corrected chi connectivity index (χ2v) is 7.79. The average molecular weight is 299 g/mol. The van der Waals surface area contributed by atoms with E-state index in [2.05, 4.69) is 4.72 Å². The summed E-state index contributed by atoms with van der Waals surface area (Å²) in [7, 11) is -3.36. The van der Waals surface area contributed by atoms with Gasteiger partial charge in [0, 0.05) is 0 Å². The van der Waals surface area contributed by atoms with Crippen molar-refractivity contribution < 1.29 is 17.9 Å². The van der Waals surface area contributed by atoms with E-state index >= 15 is 0 Å². The molecule has 0 atom stereocenters. The quantitative estimate of drug-likeness (QED) is 0.908. The molecule has 0 spiro atoms. The van der Waals surface area contributed by atoms with Crippen LogP contribution < -0.4 is 14.2 Å². The van der Waals surface area contributed by atoms with E-state index in [9.17, 15) is 8.42 Å². The molecule has 1 N–H and O–H groups in total. The van der Waals surface area contributed by atoms with Crippen LogP contribution >= 0.6 is 0 Å². The Hall–Kier alpha value is -1.43. The highest BCUT2D eigenvalue weighted by atomic mass is 32.2. The van der Waals surface area contributed by atoms with Gasteiger partial charge in [0.1, 0.15) is 5.60 Å². The van der Waals surface area contributed by atoms with Crippen LogP contribution in [0, 0.1) is 0 Å². The molecule has 0 aliphatic heterocycles. The smallest absolute Gasteiger partial charge is 0.229 e. The fourth-order valence-corrected chi connectivity index (χ4v) is 2.24. The third-order valence-corrected chi connectivity index (χ3v) is 3.09. The molecule has 112 valence electrons. The third-order valence-electron chi connectivity index (χ3n) is 2.50. The minimum Gasteiger partial charge on any atom is -0.484 e. The molecule has 1 aliphatic carbocycles. The molecule has 2 rings (SSSR count). The maximum absolute atomic E-state index is 11.4. The fraction of sp³-hybridized carbons (Fsp3) is 0.571. The van der Waals surface area contributed by atoms with Gasteiger partial charge in [0.25, 0.3) is 0 Å². The summed E-state index contributed by atoms with van der Waals surface area (Å²) in [6.07, 6.45) is 3.25. The molecule has 0 saturated heterocycles. The van der Waals surface area contributed by atoms with Gasteiger partial charge in [-0.15, -0.1) is 0 Å². The summed E-state index contributed by atoms with van der Waals surface area (Å²) in [4.78, 5) is 0. The van der Waals surface area contributed by atoms with Gasteiger partial charge in [0.15, 0.2) is 11.5 Å². The van der Waals surface area contributed by atoms with Crippen LogP contribution in [0.25, 0.3) is 0 Å². The first-order valence-corrected chi connectivity index (χ1v) is 8.50. The Morgan fingerprint density at radius 1 is 1.25 bits per heavy atom. The maximum Gasteiger partial charge on any atom is 0.229 e. The van der Waals surface area contributed by atoms with E-state index in [4.69, 9.17) is 9.47 Å². The standard InChI is InChI=1S/C14H21NO4S/c1-14(2,3)19-12-7-5-6-11(15-20(4,16)17)13(12)18-10-8-9-10/h5-7,10,15H,8-9H2,1-4H3. The van der Waals surface area contributed by atoms with E-state index in [0.29, 0.717) is 17.2 Å². The Morgan fingerprint density at radius 2 is 1.90 bits per heavy atom. The van der Waals surface area contributed by atoms with Crippen molar-refractivity contribution in [1.82, 2.24) is 0 Å². The topological polar surface area (TPSA) is 64.6 Å². The molecule has 1 saturated carbocycles. The maximum atomic E-state index is 11.4. The molecule has 0 bridgehead atoms. The largest absolute Gasteiger partial charge is 0.484 e. The van der Waals surface area contributed by atoms with Crippen LogP contribution in [0.2, 0.25) is 0 Å². The first kappa shape index (κ1) is 15.0. The number of anilines is 1. The van der Waals surface area contributed by atoms with E-state index < -0.39 is 10.0 Å². The van der Waals surface area contributed by atoms with Crippen LogP contribution in [-0.2, 0) is 10.0 Å². The van der Waals surface area contributed by atoms with Gasteiger partial charge in [-0.05, 0) is 45.7 Å². The van der Waals surface area contributed by atoms with E-state index in [1.807, 2.05) is 20.8 Å². The lowest BCUT2D eigenvalue weighted by molar-refractivity contribution is 0.123. The lowest BCUT2D eigenvalue weighted by atomic mass is 10.2. The van der Waals surface area contributed by atoms with Gasteiger partial charge in [-0.3, -0.25) is 4.72 Å². The van der Waals surface area contributed by atoms with Crippen molar-refractivity contribution in [1.29, 1.82) is 0 Å². The Kier molecular flexibility index (Phi) is 3.86. The number of rotatable bonds is 5. The molecule has 1 aromatic carbocycles. The van der Waals surface area contributed by atoms with Crippen molar-refractivity contribution in [3.05, 3.63) is 18.2 Å². The molecule has 6 heteroatoms. The Morgan fingerprint density at radius 3 is 2.40 bits per heavy atom. The molecule has 0 aromatic heterocycles. The number of benzene rings is 1. The zero-order chi connectivity index (χ0) is 15.0. The van der Waals surface area contributed by atoms with Gasteiger partial charge >= 0.3 is 0 Å². The lowest BCUT2D eigenvalue weighted by Crippen LogP contribution is -2.23. The summed E-state index contributed by atoms with van der Waals surface area (Å²) in [5, 5.41) is 0. The Labute approximate surface area is 120 Å². The predicted octanol–water partition coefficient (Wildman–Crippen LogP) is 2.78. The Bertz CT molecular complexity index is 586. The normalized spacial score (nSPS) is 15.8. The van der Waals surface area contributed by atoms with Crippen molar-refractivity contribution in [3.63, 3.8) is 0 Å². The molecule has 1 aromatic rings. The number of hydrogen-bond acceptors (Lipinski definition) is 4. The molecular formula is C14H21NO4S. The molecule has 5 nitrogen and oxygen atoms in total. The first-order valence-electron chi connectivity index (χ1n) is 6.60. The summed E-state index contributed by atoms with van der Waals surface area (Å²) in [6.45, 7) is 5.81. The van der Waals surface area contributed by atoms with Gasteiger partial charge in [0.2, 0.25) is 10.0 Å². The van der Waals surface area contributed by atoms with Crippen molar-refractivity contribution in [2.75, 3.05) is 11.0 Å². The average Bonchev–Trinajstić information content (AvgIpc) is 3.02. The SMILES string of the molecule is CC(C)(C)Oc1cccc(NS(C)(=O)=O)c1OC1CC1. The minimum atomic E-state index is -3.36. The summed E-state index contributed by atoms with van der Waals surface area (Å²) >= 11 is 0. The van der Waals surface area contributed by atoms with E-state index in [1.54, 1.807) is 18.2 Å². The van der Waals surface area contributed by atoms with Crippen molar-refractivity contribution in [3.8, 4) is 11.5 Å². The van der Waals surface area contributed by atoms with Crippen molar-refractivity contribution in [2.24, 2.45) is 0 Å². The number of para-hydroxylation sites is 1. The molecule has 1 aliphatic rings. The fourth-order valence-electron chi connectivity index (χ4n) is 1.68. The molecule has 20 heavy (non-hydrogen) atoms. The van der Waals surface area contributed by atoms with Crippen LogP contribution in [0.3, 0.4) is 0 Å². The van der Waals surface area contributed by atoms with Gasteiger partial charge in [-0.2, -0.15) is 0 Å². The second kappa shape index (κ2) is 5.16. The van der Waals surface area contributed by atoms with Crippen LogP contribution in [-0.4, -0.2) is 26.4 Å². The molecule has 0 radical (unpaired) electrons. The molecule has 0 amide bonds. The summed E-state index contributed by atoms with van der Waals surface area (Å²) < 4.78 is 37.0. The van der Waals surface area contributed by atoms with Crippen LogP contribution in [0.5, 0.6) is 11.5 Å². The first-order chi connectivity index (χ1) is 9.14. The number of sulfonamides is 1. The van der Waals surface area contributed by atoms with Gasteiger partial charge in [0.05, 0.1) is 18.0 Å². The van der Waals surface area contributed by atoms with Crippen LogP contribution in [0.15, 0.2) is 18.2 Å². The van der Waals surface area contributed by atoms with Gasteiger partial charge < -0.3 is 9.47 Å². The highest BCUT2D eigenvalue weighted by Crippen LogP contribution is 2.41. The highest BCUT2D eigenvalue weighted by Gasteiger charge is 2.28. The molecule has 0 heterocycles. The summed E-state index contributed by atoms with van der Waals surface area (Å²) in [6, 6.07) is 5.21. The van der Waals surface area contributed by atoms with Crippen LogP contribution in [0.1, 0.15) is 33.6 Å². The zero-order valence-corrected chi connectivity index (χ0v) is 13.1.